The summed E-state index contributed by atoms with van der Waals surface area (Å²) in [5.41, 5.74) is 3.01. The van der Waals surface area contributed by atoms with E-state index in [1.165, 1.54) is 18.2 Å². The number of esters is 1. The second kappa shape index (κ2) is 10.4. The molecule has 4 rings (SSSR count). The first-order valence-electron chi connectivity index (χ1n) is 10.8. The predicted molar refractivity (Wildman–Crippen MR) is 132 cm³/mol. The van der Waals surface area contributed by atoms with Gasteiger partial charge in [-0.1, -0.05) is 47.5 Å². The molecule has 1 aliphatic heterocycles. The molecular formula is C26H21ClN2O6. The normalized spacial score (nSPS) is 14.0. The summed E-state index contributed by atoms with van der Waals surface area (Å²) in [5.74, 6) is 0.422. The summed E-state index contributed by atoms with van der Waals surface area (Å²) < 4.78 is 16.9. The molecule has 0 aromatic heterocycles. The smallest absolute Gasteiger partial charge is 0.363 e. The lowest BCUT2D eigenvalue weighted by Crippen LogP contribution is -2.06. The van der Waals surface area contributed by atoms with Crippen molar-refractivity contribution in [3.63, 3.8) is 0 Å². The summed E-state index contributed by atoms with van der Waals surface area (Å²) in [7, 11) is 0. The highest BCUT2D eigenvalue weighted by atomic mass is 35.5. The van der Waals surface area contributed by atoms with Gasteiger partial charge in [0.1, 0.15) is 6.61 Å². The molecule has 0 saturated heterocycles. The van der Waals surface area contributed by atoms with Crippen LogP contribution in [0, 0.1) is 17.0 Å². The third-order valence-corrected chi connectivity index (χ3v) is 5.37. The van der Waals surface area contributed by atoms with E-state index in [0.29, 0.717) is 30.3 Å². The first-order chi connectivity index (χ1) is 16.8. The maximum absolute atomic E-state index is 12.4. The van der Waals surface area contributed by atoms with E-state index < -0.39 is 10.9 Å². The number of aryl methyl sites for hydroxylation is 1. The van der Waals surface area contributed by atoms with E-state index in [2.05, 4.69) is 11.1 Å². The van der Waals surface area contributed by atoms with Crippen molar-refractivity contribution >= 4 is 35.2 Å². The number of carbonyl (C=O) groups is 1. The number of nitrogens with zero attached hydrogens (tertiary/aromatic N) is 2. The first-order valence-corrected chi connectivity index (χ1v) is 11.1. The lowest BCUT2D eigenvalue weighted by molar-refractivity contribution is -0.384. The van der Waals surface area contributed by atoms with Crippen LogP contribution in [0.1, 0.15) is 29.2 Å². The Kier molecular flexibility index (Phi) is 7.12. The van der Waals surface area contributed by atoms with Crippen molar-refractivity contribution in [3.8, 4) is 11.5 Å². The van der Waals surface area contributed by atoms with Crippen LogP contribution >= 0.6 is 11.6 Å². The maximum Gasteiger partial charge on any atom is 0.363 e. The number of carbonyl (C=O) groups excluding carboxylic acids is 1. The number of nitro benzene ring substituents is 1. The van der Waals surface area contributed by atoms with Crippen LogP contribution in [0.5, 0.6) is 11.5 Å². The second-order valence-corrected chi connectivity index (χ2v) is 8.08. The van der Waals surface area contributed by atoms with E-state index in [1.54, 1.807) is 24.3 Å². The molecule has 3 aromatic carbocycles. The summed E-state index contributed by atoms with van der Waals surface area (Å²) in [6.07, 6.45) is 1.56. The Labute approximate surface area is 206 Å². The molecule has 1 aliphatic rings. The molecule has 0 bridgehead atoms. The number of non-ortho nitro benzene ring substituents is 1. The van der Waals surface area contributed by atoms with Crippen LogP contribution in [0.4, 0.5) is 5.69 Å². The van der Waals surface area contributed by atoms with Crippen LogP contribution in [-0.2, 0) is 16.1 Å². The second-order valence-electron chi connectivity index (χ2n) is 7.67. The average molecular weight is 493 g/mol. The molecule has 35 heavy (non-hydrogen) atoms. The molecule has 0 atom stereocenters. The molecule has 0 aliphatic carbocycles. The monoisotopic (exact) mass is 492 g/mol. The number of ether oxygens (including phenoxy) is 3. The fourth-order valence-corrected chi connectivity index (χ4v) is 3.69. The number of nitro groups is 1. The number of rotatable bonds is 8. The molecule has 9 heteroatoms. The van der Waals surface area contributed by atoms with Crippen LogP contribution in [0.15, 0.2) is 71.4 Å². The predicted octanol–water partition coefficient (Wildman–Crippen LogP) is 5.88. The Hall–Kier alpha value is -4.17. The molecule has 0 radical (unpaired) electrons. The van der Waals surface area contributed by atoms with Crippen LogP contribution < -0.4 is 9.47 Å². The van der Waals surface area contributed by atoms with E-state index in [1.807, 2.05) is 32.0 Å². The van der Waals surface area contributed by atoms with Crippen molar-refractivity contribution in [2.24, 2.45) is 4.99 Å². The fraction of sp³-hybridized carbons (Fsp3) is 0.154. The summed E-state index contributed by atoms with van der Waals surface area (Å²) in [6.45, 7) is 4.71. The van der Waals surface area contributed by atoms with E-state index >= 15 is 0 Å². The van der Waals surface area contributed by atoms with Gasteiger partial charge in [-0.3, -0.25) is 10.1 Å². The Morgan fingerprint density at radius 1 is 1.09 bits per heavy atom. The summed E-state index contributed by atoms with van der Waals surface area (Å²) >= 11 is 6.14. The highest BCUT2D eigenvalue weighted by Gasteiger charge is 2.26. The van der Waals surface area contributed by atoms with Crippen LogP contribution in [0.25, 0.3) is 6.08 Å². The fourth-order valence-electron chi connectivity index (χ4n) is 3.44. The Bertz CT molecular complexity index is 1370. The largest absolute Gasteiger partial charge is 0.490 e. The number of hydrogen-bond donors (Lipinski definition) is 0. The SMILES string of the molecule is CCOc1cc(/C=C2\N=C(c3ccc([N+](=O)[O-])cc3Cl)OC2=O)ccc1OCc1cccc(C)c1. The Morgan fingerprint density at radius 2 is 1.91 bits per heavy atom. The van der Waals surface area contributed by atoms with Gasteiger partial charge < -0.3 is 14.2 Å². The number of cyclic esters (lactones) is 1. The van der Waals surface area contributed by atoms with Gasteiger partial charge in [-0.2, -0.15) is 0 Å². The van der Waals surface area contributed by atoms with E-state index in [4.69, 9.17) is 25.8 Å². The standard InChI is InChI=1S/C26H21ClN2O6/c1-3-33-24-13-17(7-10-23(24)34-15-18-6-4-5-16(2)11-18)12-22-26(30)35-25(28-22)20-9-8-19(29(31)32)14-21(20)27/h4-14H,3,15H2,1-2H3/b22-12-. The number of hydrogen-bond acceptors (Lipinski definition) is 7. The molecule has 8 nitrogen and oxygen atoms in total. The minimum atomic E-state index is -0.660. The number of halogens is 1. The molecule has 0 fully saturated rings. The molecule has 0 spiro atoms. The summed E-state index contributed by atoms with van der Waals surface area (Å²) in [5, 5.41) is 11.0. The molecule has 178 valence electrons. The van der Waals surface area contributed by atoms with Gasteiger partial charge in [0.2, 0.25) is 5.90 Å². The highest BCUT2D eigenvalue weighted by molar-refractivity contribution is 6.34. The van der Waals surface area contributed by atoms with Crippen molar-refractivity contribution in [3.05, 3.63) is 104 Å². The van der Waals surface area contributed by atoms with Gasteiger partial charge in [-0.15, -0.1) is 0 Å². The molecule has 3 aromatic rings. The van der Waals surface area contributed by atoms with Crippen molar-refractivity contribution in [1.29, 1.82) is 0 Å². The van der Waals surface area contributed by atoms with E-state index in [-0.39, 0.29) is 27.9 Å². The number of benzene rings is 3. The van der Waals surface area contributed by atoms with Gasteiger partial charge >= 0.3 is 5.97 Å². The Balaban J connectivity index is 1.57. The van der Waals surface area contributed by atoms with Gasteiger partial charge in [0.05, 0.1) is 22.1 Å². The minimum absolute atomic E-state index is 0.0238. The highest BCUT2D eigenvalue weighted by Crippen LogP contribution is 2.32. The van der Waals surface area contributed by atoms with Crippen LogP contribution in [-0.4, -0.2) is 23.4 Å². The van der Waals surface area contributed by atoms with Gasteiger partial charge in [0.15, 0.2) is 17.2 Å². The van der Waals surface area contributed by atoms with Crippen molar-refractivity contribution in [1.82, 2.24) is 0 Å². The van der Waals surface area contributed by atoms with E-state index in [9.17, 15) is 14.9 Å². The summed E-state index contributed by atoms with van der Waals surface area (Å²) in [4.78, 5) is 27.0. The molecule has 0 N–H and O–H groups in total. The third-order valence-electron chi connectivity index (χ3n) is 5.06. The van der Waals surface area contributed by atoms with Crippen molar-refractivity contribution in [2.45, 2.75) is 20.5 Å². The molecule has 0 unspecified atom stereocenters. The topological polar surface area (TPSA) is 100 Å². The van der Waals surface area contributed by atoms with Crippen molar-refractivity contribution < 1.29 is 23.9 Å². The third kappa shape index (κ3) is 5.67. The Morgan fingerprint density at radius 3 is 2.63 bits per heavy atom. The van der Waals surface area contributed by atoms with Gasteiger partial charge in [0.25, 0.3) is 5.69 Å². The lowest BCUT2D eigenvalue weighted by atomic mass is 10.1. The zero-order chi connectivity index (χ0) is 24.9. The molecule has 0 amide bonds. The van der Waals surface area contributed by atoms with Crippen molar-refractivity contribution in [2.75, 3.05) is 6.61 Å². The average Bonchev–Trinajstić information content (AvgIpc) is 3.18. The molecule has 1 heterocycles. The maximum atomic E-state index is 12.4. The van der Waals surface area contributed by atoms with E-state index in [0.717, 1.165) is 11.1 Å². The van der Waals surface area contributed by atoms with Gasteiger partial charge in [-0.25, -0.2) is 9.79 Å². The number of aliphatic imine (C=N–C) groups is 1. The van der Waals surface area contributed by atoms with Crippen LogP contribution in [0.2, 0.25) is 5.02 Å². The quantitative estimate of drug-likeness (QED) is 0.168. The molecular weight excluding hydrogens is 472 g/mol. The zero-order valence-corrected chi connectivity index (χ0v) is 19.7. The first kappa shape index (κ1) is 24.0. The summed E-state index contributed by atoms with van der Waals surface area (Å²) in [6, 6.07) is 17.2. The van der Waals surface area contributed by atoms with Gasteiger partial charge in [0, 0.05) is 12.1 Å². The van der Waals surface area contributed by atoms with Crippen LogP contribution in [0.3, 0.4) is 0 Å². The lowest BCUT2D eigenvalue weighted by Gasteiger charge is -2.13. The van der Waals surface area contributed by atoms with Gasteiger partial charge in [-0.05, 0) is 49.2 Å². The minimum Gasteiger partial charge on any atom is -0.490 e. The zero-order valence-electron chi connectivity index (χ0n) is 19.0. The molecule has 0 saturated carbocycles.